The van der Waals surface area contributed by atoms with Crippen LogP contribution in [0.5, 0.6) is 5.75 Å². The van der Waals surface area contributed by atoms with Crippen molar-refractivity contribution in [2.24, 2.45) is 0 Å². The molecule has 0 saturated carbocycles. The summed E-state index contributed by atoms with van der Waals surface area (Å²) in [5.74, 6) is 0.0594. The average molecular weight is 413 g/mol. The number of thiol groups is 1. The van der Waals surface area contributed by atoms with Crippen LogP contribution in [-0.4, -0.2) is 22.3 Å². The Bertz CT molecular complexity index is 1030. The Kier molecular flexibility index (Phi) is 5.94. The molecule has 0 aliphatic carbocycles. The minimum absolute atomic E-state index is 0.0916. The number of benzene rings is 2. The fourth-order valence-corrected chi connectivity index (χ4v) is 3.64. The van der Waals surface area contributed by atoms with Crippen molar-refractivity contribution in [1.82, 2.24) is 9.97 Å². The summed E-state index contributed by atoms with van der Waals surface area (Å²) < 4.78 is 34.2. The third-order valence-corrected chi connectivity index (χ3v) is 5.00. The summed E-state index contributed by atoms with van der Waals surface area (Å²) in [6, 6.07) is 10.5. The lowest BCUT2D eigenvalue weighted by Crippen LogP contribution is -2.02. The van der Waals surface area contributed by atoms with Gasteiger partial charge in [0, 0.05) is 11.3 Å². The van der Waals surface area contributed by atoms with Gasteiger partial charge in [0.1, 0.15) is 5.69 Å². The summed E-state index contributed by atoms with van der Waals surface area (Å²) in [6.07, 6.45) is 4.52. The minimum atomic E-state index is -0.582. The molecule has 2 aromatic carbocycles. The Labute approximate surface area is 173 Å². The number of aromatic nitrogens is 2. The molecule has 0 unspecified atom stereocenters. The second kappa shape index (κ2) is 8.78. The second-order valence-electron chi connectivity index (χ2n) is 6.98. The first-order valence-electron chi connectivity index (χ1n) is 9.58. The van der Waals surface area contributed by atoms with E-state index in [1.807, 2.05) is 6.07 Å². The Morgan fingerprint density at radius 3 is 2.83 bits per heavy atom. The number of rotatable bonds is 2. The molecule has 0 spiro atoms. The molecule has 7 heteroatoms. The van der Waals surface area contributed by atoms with Crippen LogP contribution in [0.1, 0.15) is 24.0 Å². The molecule has 0 radical (unpaired) electrons. The molecule has 4 rings (SSSR count). The number of hydrogen-bond acceptors (Lipinski definition) is 5. The smallest absolute Gasteiger partial charge is 0.227 e. The first-order chi connectivity index (χ1) is 14.1. The van der Waals surface area contributed by atoms with Gasteiger partial charge in [0.05, 0.1) is 12.8 Å². The topological polar surface area (TPSA) is 47.0 Å². The van der Waals surface area contributed by atoms with Crippen LogP contribution in [0.25, 0.3) is 11.3 Å². The highest BCUT2D eigenvalue weighted by atomic mass is 32.1. The molecule has 0 atom stereocenters. The van der Waals surface area contributed by atoms with Gasteiger partial charge in [0.15, 0.2) is 17.4 Å². The zero-order chi connectivity index (χ0) is 20.2. The molecule has 150 valence electrons. The number of anilines is 2. The minimum Gasteiger partial charge on any atom is -0.490 e. The fourth-order valence-electron chi connectivity index (χ4n) is 3.39. The molecule has 1 aliphatic rings. The van der Waals surface area contributed by atoms with Crippen LogP contribution in [0, 0.1) is 11.6 Å². The van der Waals surface area contributed by atoms with E-state index in [-0.39, 0.29) is 17.4 Å². The van der Waals surface area contributed by atoms with Gasteiger partial charge in [-0.25, -0.2) is 18.7 Å². The van der Waals surface area contributed by atoms with Crippen molar-refractivity contribution in [2.45, 2.75) is 25.7 Å². The van der Waals surface area contributed by atoms with E-state index < -0.39 is 11.6 Å². The van der Waals surface area contributed by atoms with Crippen LogP contribution in [0.2, 0.25) is 0 Å². The van der Waals surface area contributed by atoms with E-state index in [1.54, 1.807) is 0 Å². The Hall–Kier alpha value is -2.67. The monoisotopic (exact) mass is 413 g/mol. The van der Waals surface area contributed by atoms with Crippen molar-refractivity contribution in [3.8, 4) is 17.0 Å². The normalized spacial score (nSPS) is 13.6. The SMILES string of the molecule is Fc1ccc2cc1OCCCCc1cc(CCS)cc(c1)Nc1ncc(F)c-2n1. The highest BCUT2D eigenvalue weighted by Gasteiger charge is 2.14. The van der Waals surface area contributed by atoms with E-state index in [4.69, 9.17) is 4.74 Å². The van der Waals surface area contributed by atoms with Crippen molar-refractivity contribution >= 4 is 24.3 Å². The van der Waals surface area contributed by atoms with Crippen LogP contribution in [-0.2, 0) is 12.8 Å². The van der Waals surface area contributed by atoms with Crippen LogP contribution >= 0.6 is 12.6 Å². The molecule has 1 aliphatic heterocycles. The van der Waals surface area contributed by atoms with Gasteiger partial charge in [0.25, 0.3) is 0 Å². The standard InChI is InChI=1S/C22H21F2N3OS/c23-18-5-4-16-12-20(18)28-7-2-1-3-14-9-15(6-8-29)11-17(10-14)26-22-25-13-19(24)21(16)27-22/h4-5,9-13,29H,1-3,6-8H2,(H,25,26,27). The highest BCUT2D eigenvalue weighted by Crippen LogP contribution is 2.29. The highest BCUT2D eigenvalue weighted by molar-refractivity contribution is 7.80. The molecule has 6 bridgehead atoms. The molecule has 2 heterocycles. The third kappa shape index (κ3) is 4.67. The quantitative estimate of drug-likeness (QED) is 0.556. The number of nitrogens with one attached hydrogen (secondary N) is 1. The van der Waals surface area contributed by atoms with Crippen molar-refractivity contribution < 1.29 is 13.5 Å². The predicted molar refractivity (Wildman–Crippen MR) is 113 cm³/mol. The van der Waals surface area contributed by atoms with Gasteiger partial charge in [-0.05, 0) is 72.9 Å². The molecule has 4 nitrogen and oxygen atoms in total. The van der Waals surface area contributed by atoms with Gasteiger partial charge >= 0.3 is 0 Å². The number of aryl methyl sites for hydroxylation is 2. The van der Waals surface area contributed by atoms with E-state index >= 15 is 0 Å². The molecular weight excluding hydrogens is 392 g/mol. The molecule has 0 fully saturated rings. The molecule has 29 heavy (non-hydrogen) atoms. The Morgan fingerprint density at radius 1 is 1.07 bits per heavy atom. The lowest BCUT2D eigenvalue weighted by atomic mass is 10.0. The van der Waals surface area contributed by atoms with Crippen molar-refractivity contribution in [1.29, 1.82) is 0 Å². The number of nitrogens with zero attached hydrogens (tertiary/aromatic N) is 2. The third-order valence-electron chi connectivity index (χ3n) is 4.78. The molecule has 3 aromatic rings. The summed E-state index contributed by atoms with van der Waals surface area (Å²) >= 11 is 4.33. The van der Waals surface area contributed by atoms with E-state index in [0.29, 0.717) is 12.2 Å². The van der Waals surface area contributed by atoms with E-state index in [0.717, 1.165) is 48.9 Å². The van der Waals surface area contributed by atoms with Crippen LogP contribution in [0.3, 0.4) is 0 Å². The van der Waals surface area contributed by atoms with Crippen LogP contribution in [0.4, 0.5) is 20.4 Å². The zero-order valence-electron chi connectivity index (χ0n) is 15.8. The fraction of sp³-hybridized carbons (Fsp3) is 0.273. The van der Waals surface area contributed by atoms with Gasteiger partial charge in [0.2, 0.25) is 5.95 Å². The predicted octanol–water partition coefficient (Wildman–Crippen LogP) is 5.35. The largest absolute Gasteiger partial charge is 0.490 e. The van der Waals surface area contributed by atoms with E-state index in [9.17, 15) is 8.78 Å². The van der Waals surface area contributed by atoms with Crippen LogP contribution < -0.4 is 10.1 Å². The maximum absolute atomic E-state index is 14.4. The number of hydrogen-bond donors (Lipinski definition) is 2. The first kappa shape index (κ1) is 19.6. The van der Waals surface area contributed by atoms with Crippen LogP contribution in [0.15, 0.2) is 42.6 Å². The van der Waals surface area contributed by atoms with Crippen molar-refractivity contribution in [2.75, 3.05) is 17.7 Å². The van der Waals surface area contributed by atoms with E-state index in [2.05, 4.69) is 40.0 Å². The molecular formula is C22H21F2N3OS. The maximum atomic E-state index is 14.4. The number of ether oxygens (including phenoxy) is 1. The van der Waals surface area contributed by atoms with Gasteiger partial charge < -0.3 is 10.1 Å². The summed E-state index contributed by atoms with van der Waals surface area (Å²) in [5.41, 5.74) is 3.72. The number of halogens is 2. The first-order valence-corrected chi connectivity index (χ1v) is 10.2. The molecule has 1 N–H and O–H groups in total. The average Bonchev–Trinajstić information content (AvgIpc) is 2.70. The van der Waals surface area contributed by atoms with Crippen molar-refractivity contribution in [3.63, 3.8) is 0 Å². The Morgan fingerprint density at radius 2 is 1.97 bits per heavy atom. The summed E-state index contributed by atoms with van der Waals surface area (Å²) in [7, 11) is 0. The maximum Gasteiger partial charge on any atom is 0.227 e. The van der Waals surface area contributed by atoms with Gasteiger partial charge in [-0.15, -0.1) is 0 Å². The summed E-state index contributed by atoms with van der Waals surface area (Å²) in [4.78, 5) is 8.39. The number of fused-ring (bicyclic) bond motifs is 7. The van der Waals surface area contributed by atoms with Gasteiger partial charge in [-0.3, -0.25) is 0 Å². The lowest BCUT2D eigenvalue weighted by molar-refractivity contribution is 0.292. The lowest BCUT2D eigenvalue weighted by Gasteiger charge is -2.11. The molecule has 0 saturated heterocycles. The summed E-state index contributed by atoms with van der Waals surface area (Å²) in [6.45, 7) is 0.388. The summed E-state index contributed by atoms with van der Waals surface area (Å²) in [5, 5.41) is 3.18. The van der Waals surface area contributed by atoms with Gasteiger partial charge in [-0.2, -0.15) is 12.6 Å². The van der Waals surface area contributed by atoms with E-state index in [1.165, 1.54) is 23.8 Å². The Balaban J connectivity index is 1.78. The zero-order valence-corrected chi connectivity index (χ0v) is 16.7. The molecule has 1 aromatic heterocycles. The second-order valence-corrected chi connectivity index (χ2v) is 7.42. The van der Waals surface area contributed by atoms with Crippen molar-refractivity contribution in [3.05, 3.63) is 65.4 Å². The van der Waals surface area contributed by atoms with Gasteiger partial charge in [-0.1, -0.05) is 6.07 Å². The molecule has 0 amide bonds.